The molecule has 2 aliphatic heterocycles. The molecule has 2 saturated heterocycles. The van der Waals surface area contributed by atoms with Crippen LogP contribution in [0.25, 0.3) is 0 Å². The van der Waals surface area contributed by atoms with Crippen molar-refractivity contribution >= 4 is 23.4 Å². The van der Waals surface area contributed by atoms with Crippen molar-refractivity contribution in [3.05, 3.63) is 96.1 Å². The van der Waals surface area contributed by atoms with Crippen molar-refractivity contribution < 1.29 is 37.1 Å². The van der Waals surface area contributed by atoms with Gasteiger partial charge in [-0.2, -0.15) is 0 Å². The smallest absolute Gasteiger partial charge is 0.762 e. The van der Waals surface area contributed by atoms with Crippen LogP contribution in [-0.2, 0) is 32.3 Å². The second-order valence-electron chi connectivity index (χ2n) is 11.0. The van der Waals surface area contributed by atoms with Crippen molar-refractivity contribution in [1.82, 2.24) is 0 Å². The first-order valence-corrected chi connectivity index (χ1v) is 18.1. The Labute approximate surface area is 248 Å². The summed E-state index contributed by atoms with van der Waals surface area (Å²) in [6.45, 7) is 0. The van der Waals surface area contributed by atoms with Crippen molar-refractivity contribution in [3.8, 4) is 0 Å². The van der Waals surface area contributed by atoms with E-state index >= 15 is 0 Å². The monoisotopic (exact) mass is 666 g/mol. The first-order chi connectivity index (χ1) is 18.1. The van der Waals surface area contributed by atoms with E-state index in [9.17, 15) is 12.9 Å². The van der Waals surface area contributed by atoms with Gasteiger partial charge in [0.1, 0.15) is 0 Å². The standard InChI is InChI=1S/C24H32P2.C7H8.BF3.FH.Rh/c1-3-9-21(10-4-1)19-23-13-7-15-25(23)17-18-26-16-8-14-24(26)20-22-11-5-2-6-12-22;1-2-7-4-3-6(1)5-7;2-1(3)4;;/h1-6,9-12,23-24H,7-8,13-20H2;1-4,6-7H,5H2;;1H;/p+1/t23-,24-,25?,26?;;;;/m0..../s1. The summed E-state index contributed by atoms with van der Waals surface area (Å²) in [6.07, 6.45) is 25.8. The van der Waals surface area contributed by atoms with Gasteiger partial charge in [0.15, 0.2) is 0 Å². The molecule has 6 rings (SSSR count). The Morgan fingerprint density at radius 2 is 1.00 bits per heavy atom. The summed E-state index contributed by atoms with van der Waals surface area (Å²) in [6, 6.07) is 22.6. The van der Waals surface area contributed by atoms with Crippen LogP contribution in [-0.4, -0.2) is 43.5 Å². The molecule has 2 aromatic carbocycles. The third kappa shape index (κ3) is 11.9. The van der Waals surface area contributed by atoms with Crippen LogP contribution in [0.15, 0.2) is 85.0 Å². The van der Waals surface area contributed by atoms with Crippen molar-refractivity contribution in [2.75, 3.05) is 24.6 Å². The van der Waals surface area contributed by atoms with E-state index in [4.69, 9.17) is 0 Å². The number of hydrogen-bond acceptors (Lipinski definition) is 0. The molecule has 0 spiro atoms. The molecule has 8 heteroatoms. The number of benzene rings is 2. The fourth-order valence-corrected chi connectivity index (χ4v) is 14.9. The minimum Gasteiger partial charge on any atom is -1.00 e. The van der Waals surface area contributed by atoms with Crippen LogP contribution in [0, 0.1) is 11.8 Å². The molecule has 2 bridgehead atoms. The maximum Gasteiger partial charge on any atom is 0.762 e. The average molecular weight is 666 g/mol. The van der Waals surface area contributed by atoms with E-state index in [1.54, 1.807) is 35.8 Å². The fraction of sp³-hybridized carbons (Fsp3) is 0.484. The van der Waals surface area contributed by atoms with Crippen molar-refractivity contribution in [2.45, 2.75) is 56.3 Å². The zero-order valence-electron chi connectivity index (χ0n) is 22.6. The molecule has 2 unspecified atom stereocenters. The third-order valence-electron chi connectivity index (χ3n) is 8.43. The molecule has 2 aliphatic carbocycles. The Morgan fingerprint density at radius 1 is 0.641 bits per heavy atom. The molecule has 215 valence electrons. The molecule has 0 saturated carbocycles. The Balaban J connectivity index is 0.000000342. The summed E-state index contributed by atoms with van der Waals surface area (Å²) in [5.41, 5.74) is 5.27. The van der Waals surface area contributed by atoms with Gasteiger partial charge < -0.3 is 4.70 Å². The van der Waals surface area contributed by atoms with Crippen LogP contribution >= 0.6 is 15.8 Å². The molecule has 39 heavy (non-hydrogen) atoms. The zero-order valence-corrected chi connectivity index (χ0v) is 26.2. The number of rotatable bonds is 7. The van der Waals surface area contributed by atoms with Crippen LogP contribution in [0.3, 0.4) is 0 Å². The molecule has 4 aliphatic rings. The maximum absolute atomic E-state index is 9.67. The Hall–Kier alpha value is -0.812. The summed E-state index contributed by atoms with van der Waals surface area (Å²) in [5, 5.41) is 0. The van der Waals surface area contributed by atoms with Crippen LogP contribution in [0.4, 0.5) is 12.9 Å². The van der Waals surface area contributed by atoms with E-state index in [2.05, 4.69) is 85.0 Å². The van der Waals surface area contributed by atoms with Gasteiger partial charge in [-0.3, -0.25) is 12.9 Å². The van der Waals surface area contributed by atoms with Crippen molar-refractivity contribution in [1.29, 1.82) is 0 Å². The van der Waals surface area contributed by atoms with Crippen LogP contribution < -0.4 is 4.70 Å². The predicted octanol–water partition coefficient (Wildman–Crippen LogP) is 5.85. The summed E-state index contributed by atoms with van der Waals surface area (Å²) < 4.78 is 29.0. The first-order valence-electron chi connectivity index (χ1n) is 14.1. The van der Waals surface area contributed by atoms with Gasteiger partial charge in [-0.15, -0.1) is 0 Å². The van der Waals surface area contributed by atoms with Crippen molar-refractivity contribution in [2.24, 2.45) is 11.8 Å². The maximum atomic E-state index is 9.67. The van der Waals surface area contributed by atoms with E-state index in [1.807, 2.05) is 0 Å². The molecule has 4 atom stereocenters. The minimum atomic E-state index is -3.67. The van der Waals surface area contributed by atoms with Crippen LogP contribution in [0.5, 0.6) is 0 Å². The van der Waals surface area contributed by atoms with Crippen LogP contribution in [0.1, 0.15) is 43.2 Å². The molecule has 2 fully saturated rings. The van der Waals surface area contributed by atoms with Crippen LogP contribution in [0.2, 0.25) is 0 Å². The van der Waals surface area contributed by atoms with E-state index < -0.39 is 7.54 Å². The van der Waals surface area contributed by atoms with Gasteiger partial charge in [0, 0.05) is 48.2 Å². The Morgan fingerprint density at radius 3 is 1.31 bits per heavy atom. The molecule has 2 aromatic rings. The molecule has 1 radical (unpaired) electrons. The van der Waals surface area contributed by atoms with E-state index in [-0.39, 0.29) is 40.0 Å². The van der Waals surface area contributed by atoms with E-state index in [0.29, 0.717) is 0 Å². The van der Waals surface area contributed by atoms with Crippen molar-refractivity contribution in [3.63, 3.8) is 0 Å². The summed E-state index contributed by atoms with van der Waals surface area (Å²) in [7, 11) is -3.88. The van der Waals surface area contributed by atoms with Gasteiger partial charge in [0.2, 0.25) is 0 Å². The molecular formula is C31H42BF4P2Rh+. The topological polar surface area (TPSA) is 0 Å². The summed E-state index contributed by atoms with van der Waals surface area (Å²) in [4.78, 5) is 0. The second-order valence-corrected chi connectivity index (χ2v) is 17.2. The van der Waals surface area contributed by atoms with Gasteiger partial charge in [0.05, 0.1) is 36.0 Å². The normalized spacial score (nSPS) is 27.5. The summed E-state index contributed by atoms with van der Waals surface area (Å²) >= 11 is 0. The number of halogens is 4. The van der Waals surface area contributed by atoms with E-state index in [1.165, 1.54) is 44.9 Å². The number of fused-ring (bicyclic) bond motifs is 2. The molecule has 0 aromatic heterocycles. The Bertz CT molecular complexity index is 889. The molecule has 2 heterocycles. The largest absolute Gasteiger partial charge is 1.00 e. The predicted molar refractivity (Wildman–Crippen MR) is 161 cm³/mol. The Kier molecular flexibility index (Phi) is 16.4. The average Bonchev–Trinajstić information content (AvgIpc) is 3.71. The quantitative estimate of drug-likeness (QED) is 0.151. The van der Waals surface area contributed by atoms with Gasteiger partial charge in [-0.1, -0.05) is 85.0 Å². The minimum absolute atomic E-state index is 0. The van der Waals surface area contributed by atoms with Gasteiger partial charge in [0.25, 0.3) is 0 Å². The molecule has 0 N–H and O–H groups in total. The third-order valence-corrected chi connectivity index (χ3v) is 16.0. The van der Waals surface area contributed by atoms with Gasteiger partial charge >= 0.3 is 7.54 Å². The SMILES string of the molecule is C1=CC2C=CC1C2.FB(F)F.[F-].[Rh].c1ccc(C[C@@H]2CCC[PH+]2CC[PH+]2CCC[C@H]2Cc2ccccc2)cc1. The van der Waals surface area contributed by atoms with Gasteiger partial charge in [-0.25, -0.2) is 0 Å². The number of allylic oxidation sites excluding steroid dienone is 4. The molecular weight excluding hydrogens is 624 g/mol. The second kappa shape index (κ2) is 18.6. The number of hydrogen-bond donors (Lipinski definition) is 0. The van der Waals surface area contributed by atoms with Gasteiger partial charge in [-0.05, 0) is 55.1 Å². The summed E-state index contributed by atoms with van der Waals surface area (Å²) in [5.74, 6) is 1.62. The zero-order chi connectivity index (χ0) is 25.9. The molecule has 0 amide bonds. The fourth-order valence-electron chi connectivity index (χ4n) is 6.56. The molecule has 0 nitrogen and oxygen atoms in total. The first kappa shape index (κ1) is 34.4. The van der Waals surface area contributed by atoms with E-state index in [0.717, 1.165) is 23.2 Å².